The third-order valence-electron chi connectivity index (χ3n) is 3.12. The van der Waals surface area contributed by atoms with Gasteiger partial charge in [-0.1, -0.05) is 0 Å². The molecule has 0 spiro atoms. The first-order valence-electron chi connectivity index (χ1n) is 6.80. The summed E-state index contributed by atoms with van der Waals surface area (Å²) in [4.78, 5) is 23.2. The number of fused-ring (bicyclic) bond motifs is 1. The van der Waals surface area contributed by atoms with Gasteiger partial charge in [-0.25, -0.2) is 0 Å². The SMILES string of the molecule is CC(=O)COc1ccc2c(c1)OC(=Cc1ccc(C)o1)C2=O. The highest BCUT2D eigenvalue weighted by Gasteiger charge is 2.28. The molecular weight excluding hydrogens is 284 g/mol. The molecule has 0 atom stereocenters. The van der Waals surface area contributed by atoms with Crippen molar-refractivity contribution in [3.05, 3.63) is 53.2 Å². The first-order chi connectivity index (χ1) is 10.5. The van der Waals surface area contributed by atoms with Gasteiger partial charge in [-0.2, -0.15) is 0 Å². The number of hydrogen-bond acceptors (Lipinski definition) is 5. The molecule has 0 fully saturated rings. The van der Waals surface area contributed by atoms with E-state index in [1.807, 2.05) is 13.0 Å². The maximum absolute atomic E-state index is 12.3. The van der Waals surface area contributed by atoms with Gasteiger partial charge in [-0.05, 0) is 38.1 Å². The second-order valence-corrected chi connectivity index (χ2v) is 5.04. The first-order valence-corrected chi connectivity index (χ1v) is 6.80. The van der Waals surface area contributed by atoms with E-state index in [0.717, 1.165) is 5.76 Å². The molecule has 0 aliphatic carbocycles. The van der Waals surface area contributed by atoms with Crippen LogP contribution < -0.4 is 9.47 Å². The Morgan fingerprint density at radius 2 is 2.09 bits per heavy atom. The van der Waals surface area contributed by atoms with E-state index in [2.05, 4.69) is 0 Å². The lowest BCUT2D eigenvalue weighted by atomic mass is 10.1. The molecule has 5 nitrogen and oxygen atoms in total. The molecule has 0 amide bonds. The van der Waals surface area contributed by atoms with E-state index in [9.17, 15) is 9.59 Å². The van der Waals surface area contributed by atoms with Crippen LogP contribution in [0.3, 0.4) is 0 Å². The van der Waals surface area contributed by atoms with Crippen LogP contribution >= 0.6 is 0 Å². The monoisotopic (exact) mass is 298 g/mol. The Balaban J connectivity index is 1.84. The van der Waals surface area contributed by atoms with Crippen molar-refractivity contribution in [3.8, 4) is 11.5 Å². The molecule has 0 saturated carbocycles. The Hall–Kier alpha value is -2.82. The van der Waals surface area contributed by atoms with Crippen molar-refractivity contribution in [1.82, 2.24) is 0 Å². The van der Waals surface area contributed by atoms with E-state index in [4.69, 9.17) is 13.9 Å². The third kappa shape index (κ3) is 2.79. The lowest BCUT2D eigenvalue weighted by molar-refractivity contribution is -0.118. The number of Topliss-reactive ketones (excluding diaryl/α,β-unsaturated/α-hetero) is 2. The van der Waals surface area contributed by atoms with Crippen LogP contribution in [0.2, 0.25) is 0 Å². The van der Waals surface area contributed by atoms with Crippen LogP contribution in [0.5, 0.6) is 11.5 Å². The zero-order valence-electron chi connectivity index (χ0n) is 12.2. The number of ketones is 2. The third-order valence-corrected chi connectivity index (χ3v) is 3.12. The van der Waals surface area contributed by atoms with Crippen molar-refractivity contribution in [2.45, 2.75) is 13.8 Å². The summed E-state index contributed by atoms with van der Waals surface area (Å²) in [5.74, 6) is 2.13. The number of benzene rings is 1. The van der Waals surface area contributed by atoms with Gasteiger partial charge in [0.1, 0.15) is 29.6 Å². The van der Waals surface area contributed by atoms with Crippen LogP contribution in [0.25, 0.3) is 6.08 Å². The average Bonchev–Trinajstić information content (AvgIpc) is 3.01. The van der Waals surface area contributed by atoms with E-state index in [1.165, 1.54) is 6.92 Å². The molecule has 3 rings (SSSR count). The Morgan fingerprint density at radius 1 is 1.27 bits per heavy atom. The quantitative estimate of drug-likeness (QED) is 0.811. The second-order valence-electron chi connectivity index (χ2n) is 5.04. The first kappa shape index (κ1) is 14.1. The minimum atomic E-state index is -0.206. The van der Waals surface area contributed by atoms with Gasteiger partial charge in [0, 0.05) is 12.1 Å². The van der Waals surface area contributed by atoms with Gasteiger partial charge in [0.05, 0.1) is 5.56 Å². The summed E-state index contributed by atoms with van der Waals surface area (Å²) in [6, 6.07) is 8.45. The zero-order valence-corrected chi connectivity index (χ0v) is 12.2. The minimum Gasteiger partial charge on any atom is -0.486 e. The molecule has 1 aromatic heterocycles. The number of aryl methyl sites for hydroxylation is 1. The molecule has 0 unspecified atom stereocenters. The Morgan fingerprint density at radius 3 is 2.77 bits per heavy atom. The largest absolute Gasteiger partial charge is 0.486 e. The molecule has 22 heavy (non-hydrogen) atoms. The molecule has 5 heteroatoms. The molecule has 112 valence electrons. The second kappa shape index (κ2) is 5.52. The molecular formula is C17H14O5. The van der Waals surface area contributed by atoms with E-state index in [0.29, 0.717) is 22.8 Å². The Bertz CT molecular complexity index is 782. The van der Waals surface area contributed by atoms with Crippen molar-refractivity contribution in [3.63, 3.8) is 0 Å². The van der Waals surface area contributed by atoms with E-state index in [1.54, 1.807) is 30.3 Å². The fourth-order valence-electron chi connectivity index (χ4n) is 2.10. The molecule has 1 aliphatic rings. The highest BCUT2D eigenvalue weighted by atomic mass is 16.5. The number of carbonyl (C=O) groups excluding carboxylic acids is 2. The maximum Gasteiger partial charge on any atom is 0.232 e. The van der Waals surface area contributed by atoms with E-state index in [-0.39, 0.29) is 23.9 Å². The lowest BCUT2D eigenvalue weighted by Gasteiger charge is -2.04. The predicted molar refractivity (Wildman–Crippen MR) is 79.0 cm³/mol. The van der Waals surface area contributed by atoms with Gasteiger partial charge in [0.25, 0.3) is 0 Å². The lowest BCUT2D eigenvalue weighted by Crippen LogP contribution is -2.06. The smallest absolute Gasteiger partial charge is 0.232 e. The van der Waals surface area contributed by atoms with Crippen molar-refractivity contribution >= 4 is 17.6 Å². The summed E-state index contributed by atoms with van der Waals surface area (Å²) in [5, 5.41) is 0. The van der Waals surface area contributed by atoms with Gasteiger partial charge < -0.3 is 13.9 Å². The normalized spacial score (nSPS) is 14.8. The zero-order chi connectivity index (χ0) is 15.7. The fraction of sp³-hybridized carbons (Fsp3) is 0.176. The van der Waals surface area contributed by atoms with Crippen molar-refractivity contribution in [2.24, 2.45) is 0 Å². The summed E-state index contributed by atoms with van der Waals surface area (Å²) >= 11 is 0. The Kier molecular flexibility index (Phi) is 3.55. The van der Waals surface area contributed by atoms with Crippen molar-refractivity contribution in [2.75, 3.05) is 6.61 Å². The van der Waals surface area contributed by atoms with Gasteiger partial charge >= 0.3 is 0 Å². The summed E-state index contributed by atoms with van der Waals surface area (Å²) < 4.78 is 16.3. The number of hydrogen-bond donors (Lipinski definition) is 0. The molecule has 0 bridgehead atoms. The predicted octanol–water partition coefficient (Wildman–Crippen LogP) is 3.17. The molecule has 1 aliphatic heterocycles. The van der Waals surface area contributed by atoms with E-state index >= 15 is 0 Å². The summed E-state index contributed by atoms with van der Waals surface area (Å²) in [7, 11) is 0. The van der Waals surface area contributed by atoms with E-state index < -0.39 is 0 Å². The number of allylic oxidation sites excluding steroid dienone is 1. The summed E-state index contributed by atoms with van der Waals surface area (Å²) in [6.07, 6.45) is 1.56. The fourth-order valence-corrected chi connectivity index (χ4v) is 2.10. The molecule has 0 N–H and O–H groups in total. The van der Waals surface area contributed by atoms with Crippen molar-refractivity contribution < 1.29 is 23.5 Å². The van der Waals surface area contributed by atoms with Gasteiger partial charge in [0.15, 0.2) is 11.5 Å². The Labute approximate surface area is 127 Å². The summed E-state index contributed by atoms with van der Waals surface area (Å²) in [6.45, 7) is 3.26. The van der Waals surface area contributed by atoms with Crippen LogP contribution in [0.4, 0.5) is 0 Å². The number of carbonyl (C=O) groups is 2. The molecule has 0 radical (unpaired) electrons. The molecule has 2 heterocycles. The number of furan rings is 1. The van der Waals surface area contributed by atoms with Gasteiger partial charge in [0.2, 0.25) is 5.78 Å². The number of ether oxygens (including phenoxy) is 2. The molecule has 2 aromatic rings. The van der Waals surface area contributed by atoms with Crippen LogP contribution in [-0.4, -0.2) is 18.2 Å². The average molecular weight is 298 g/mol. The van der Waals surface area contributed by atoms with Crippen LogP contribution in [0.1, 0.15) is 28.8 Å². The van der Waals surface area contributed by atoms with Crippen LogP contribution in [-0.2, 0) is 4.79 Å². The highest BCUT2D eigenvalue weighted by molar-refractivity contribution is 6.14. The standard InChI is InChI=1S/C17H14O5/c1-10(18)9-20-12-5-6-14-15(7-12)22-16(17(14)19)8-13-4-3-11(2)21-13/h3-8H,9H2,1-2H3. The highest BCUT2D eigenvalue weighted by Crippen LogP contribution is 2.35. The van der Waals surface area contributed by atoms with Gasteiger partial charge in [-0.15, -0.1) is 0 Å². The number of rotatable bonds is 4. The van der Waals surface area contributed by atoms with Crippen LogP contribution in [0, 0.1) is 6.92 Å². The molecule has 0 saturated heterocycles. The van der Waals surface area contributed by atoms with Crippen LogP contribution in [0.15, 0.2) is 40.5 Å². The molecule has 1 aromatic carbocycles. The van der Waals surface area contributed by atoms with Gasteiger partial charge in [-0.3, -0.25) is 9.59 Å². The topological polar surface area (TPSA) is 65.7 Å². The summed E-state index contributed by atoms with van der Waals surface area (Å²) in [5.41, 5.74) is 0.463. The van der Waals surface area contributed by atoms with Crippen molar-refractivity contribution in [1.29, 1.82) is 0 Å². The maximum atomic E-state index is 12.3. The minimum absolute atomic E-state index is 0.0128.